The summed E-state index contributed by atoms with van der Waals surface area (Å²) in [6.07, 6.45) is 3.97. The number of hydrogen-bond donors (Lipinski definition) is 5. The SMILES string of the molecule is CNCCCCNC(=O)c1cn2c3c(c(NCCN4CCOCC4)c(F)cc3c1=O)Oc1ccccc1-2.N=CN. The van der Waals surface area contributed by atoms with Crippen molar-refractivity contribution in [2.45, 2.75) is 12.8 Å². The van der Waals surface area contributed by atoms with Gasteiger partial charge in [0, 0.05) is 38.9 Å². The van der Waals surface area contributed by atoms with Crippen molar-refractivity contribution in [3.8, 4) is 17.2 Å². The maximum Gasteiger partial charge on any atom is 0.256 e. The zero-order valence-electron chi connectivity index (χ0n) is 22.6. The number of para-hydroxylation sites is 2. The first kappa shape index (κ1) is 29.0. The van der Waals surface area contributed by atoms with Gasteiger partial charge < -0.3 is 35.7 Å². The summed E-state index contributed by atoms with van der Waals surface area (Å²) in [4.78, 5) is 28.6. The van der Waals surface area contributed by atoms with Crippen molar-refractivity contribution < 1.29 is 18.7 Å². The molecule has 0 saturated carbocycles. The third-order valence-electron chi connectivity index (χ3n) is 6.75. The number of morpholine rings is 1. The van der Waals surface area contributed by atoms with Gasteiger partial charge in [0.1, 0.15) is 16.8 Å². The zero-order valence-corrected chi connectivity index (χ0v) is 22.6. The number of benzene rings is 2. The number of nitrogens with zero attached hydrogens (tertiary/aromatic N) is 2. The summed E-state index contributed by atoms with van der Waals surface area (Å²) < 4.78 is 28.8. The second-order valence-electron chi connectivity index (χ2n) is 9.38. The molecule has 0 unspecified atom stereocenters. The number of nitrogens with one attached hydrogen (secondary N) is 4. The minimum Gasteiger partial charge on any atom is -0.451 e. The predicted octanol–water partition coefficient (Wildman–Crippen LogP) is 2.26. The van der Waals surface area contributed by atoms with E-state index >= 15 is 4.39 Å². The van der Waals surface area contributed by atoms with Gasteiger partial charge in [-0.15, -0.1) is 0 Å². The van der Waals surface area contributed by atoms with E-state index in [2.05, 4.69) is 26.6 Å². The molecule has 1 saturated heterocycles. The van der Waals surface area contributed by atoms with E-state index < -0.39 is 17.2 Å². The van der Waals surface area contributed by atoms with E-state index in [9.17, 15) is 9.59 Å². The minimum atomic E-state index is -0.600. The van der Waals surface area contributed by atoms with Crippen molar-refractivity contribution in [2.24, 2.45) is 5.73 Å². The van der Waals surface area contributed by atoms with Gasteiger partial charge in [-0.3, -0.25) is 19.9 Å². The second kappa shape index (κ2) is 13.9. The Morgan fingerprint density at radius 1 is 1.18 bits per heavy atom. The van der Waals surface area contributed by atoms with E-state index in [-0.39, 0.29) is 22.4 Å². The number of hydrogen-bond acceptors (Lipinski definition) is 8. The molecule has 40 heavy (non-hydrogen) atoms. The van der Waals surface area contributed by atoms with Crippen LogP contribution >= 0.6 is 0 Å². The predicted molar refractivity (Wildman–Crippen MR) is 154 cm³/mol. The molecule has 0 aliphatic carbocycles. The standard InChI is InChI=1S/C27H32FN5O4.CH4N2/c1-29-8-4-5-9-31-27(35)19-17-33-21-6-2-3-7-22(21)37-26-23(20(28)16-18(24(26)33)25(19)34)30-10-11-32-12-14-36-15-13-32;2-1-3/h2-3,6-7,16-17,29-30H,4-5,8-15H2,1H3,(H,31,35);1H,(H3,2,3). The maximum atomic E-state index is 15.5. The van der Waals surface area contributed by atoms with Crippen LogP contribution in [0.5, 0.6) is 11.5 Å². The van der Waals surface area contributed by atoms with Gasteiger partial charge >= 0.3 is 0 Å². The Morgan fingerprint density at radius 2 is 1.90 bits per heavy atom. The molecule has 0 spiro atoms. The zero-order chi connectivity index (χ0) is 28.5. The molecule has 214 valence electrons. The van der Waals surface area contributed by atoms with Gasteiger partial charge in [-0.25, -0.2) is 4.39 Å². The minimum absolute atomic E-state index is 0.0313. The average molecular weight is 554 g/mol. The van der Waals surface area contributed by atoms with Crippen molar-refractivity contribution in [1.82, 2.24) is 20.1 Å². The lowest BCUT2D eigenvalue weighted by Gasteiger charge is -2.28. The fourth-order valence-electron chi connectivity index (χ4n) is 4.78. The van der Waals surface area contributed by atoms with Crippen molar-refractivity contribution in [3.05, 3.63) is 58.1 Å². The van der Waals surface area contributed by atoms with Gasteiger partial charge in [0.15, 0.2) is 17.3 Å². The second-order valence-corrected chi connectivity index (χ2v) is 9.38. The molecule has 2 aliphatic rings. The van der Waals surface area contributed by atoms with Gasteiger partial charge in [-0.1, -0.05) is 12.1 Å². The molecule has 3 aromatic rings. The fraction of sp³-hybridized carbons (Fsp3) is 0.393. The lowest BCUT2D eigenvalue weighted by molar-refractivity contribution is 0.0398. The maximum absolute atomic E-state index is 15.5. The van der Waals surface area contributed by atoms with E-state index in [1.165, 1.54) is 12.3 Å². The summed E-state index contributed by atoms with van der Waals surface area (Å²) >= 11 is 0. The summed E-state index contributed by atoms with van der Waals surface area (Å²) in [5.74, 6) is -0.317. The van der Waals surface area contributed by atoms with Crippen LogP contribution in [0.25, 0.3) is 16.6 Å². The number of nitrogens with two attached hydrogens (primary N) is 1. The van der Waals surface area contributed by atoms with E-state index in [1.807, 2.05) is 25.2 Å². The molecule has 2 aromatic carbocycles. The number of halogens is 1. The number of carbonyl (C=O) groups excluding carboxylic acids is 1. The van der Waals surface area contributed by atoms with Crippen LogP contribution in [-0.2, 0) is 4.74 Å². The first-order valence-corrected chi connectivity index (χ1v) is 13.4. The number of amides is 1. The topological polar surface area (TPSA) is 147 Å². The highest BCUT2D eigenvalue weighted by molar-refractivity contribution is 6.01. The Balaban J connectivity index is 0.00000118. The quantitative estimate of drug-likeness (QED) is 0.114. The molecule has 5 rings (SSSR count). The van der Waals surface area contributed by atoms with Crippen LogP contribution in [0.1, 0.15) is 23.2 Å². The third kappa shape index (κ3) is 6.41. The normalized spacial score (nSPS) is 13.9. The Bertz CT molecular complexity index is 1410. The highest BCUT2D eigenvalue weighted by Gasteiger charge is 2.28. The number of ether oxygens (including phenoxy) is 2. The molecule has 1 amide bonds. The molecule has 0 bridgehead atoms. The van der Waals surface area contributed by atoms with E-state index in [1.54, 1.807) is 10.6 Å². The highest BCUT2D eigenvalue weighted by Crippen LogP contribution is 2.44. The fourth-order valence-corrected chi connectivity index (χ4v) is 4.78. The summed E-state index contributed by atoms with van der Waals surface area (Å²) in [7, 11) is 1.88. The molecule has 2 aliphatic heterocycles. The summed E-state index contributed by atoms with van der Waals surface area (Å²) in [6.45, 7) is 5.55. The first-order chi connectivity index (χ1) is 19.5. The van der Waals surface area contributed by atoms with Gasteiger partial charge in [0.2, 0.25) is 5.43 Å². The lowest BCUT2D eigenvalue weighted by atomic mass is 10.1. The number of unbranched alkanes of at least 4 members (excludes halogenated alkanes) is 1. The number of rotatable bonds is 10. The third-order valence-corrected chi connectivity index (χ3v) is 6.75. The number of carbonyl (C=O) groups is 1. The van der Waals surface area contributed by atoms with Crippen LogP contribution in [-0.4, -0.2) is 81.2 Å². The summed E-state index contributed by atoms with van der Waals surface area (Å²) in [5, 5.41) is 15.0. The van der Waals surface area contributed by atoms with E-state index in [0.29, 0.717) is 43.3 Å². The largest absolute Gasteiger partial charge is 0.451 e. The van der Waals surface area contributed by atoms with E-state index in [4.69, 9.17) is 14.9 Å². The number of anilines is 1. The van der Waals surface area contributed by atoms with Gasteiger partial charge in [-0.05, 0) is 44.6 Å². The van der Waals surface area contributed by atoms with Crippen molar-refractivity contribution in [3.63, 3.8) is 0 Å². The van der Waals surface area contributed by atoms with Crippen LogP contribution in [0, 0.1) is 11.2 Å². The van der Waals surface area contributed by atoms with Crippen LogP contribution in [0.4, 0.5) is 10.1 Å². The molecule has 3 heterocycles. The Hall–Kier alpha value is -4.00. The molecular weight excluding hydrogens is 517 g/mol. The molecule has 6 N–H and O–H groups in total. The van der Waals surface area contributed by atoms with E-state index in [0.717, 1.165) is 45.4 Å². The summed E-state index contributed by atoms with van der Waals surface area (Å²) in [5.41, 5.74) is 5.14. The Morgan fingerprint density at radius 3 is 2.65 bits per heavy atom. The Kier molecular flexibility index (Phi) is 10.1. The molecule has 12 heteroatoms. The van der Waals surface area contributed by atoms with Crippen LogP contribution in [0.3, 0.4) is 0 Å². The van der Waals surface area contributed by atoms with Crippen LogP contribution in [0.15, 0.2) is 41.3 Å². The van der Waals surface area contributed by atoms with Crippen LogP contribution < -0.4 is 31.8 Å². The van der Waals surface area contributed by atoms with Gasteiger partial charge in [0.25, 0.3) is 5.91 Å². The van der Waals surface area contributed by atoms with Gasteiger partial charge in [-0.2, -0.15) is 0 Å². The van der Waals surface area contributed by atoms with Gasteiger partial charge in [0.05, 0.1) is 30.6 Å². The Labute approximate surface area is 231 Å². The van der Waals surface area contributed by atoms with Crippen molar-refractivity contribution in [1.29, 1.82) is 5.41 Å². The lowest BCUT2D eigenvalue weighted by Crippen LogP contribution is -2.39. The monoisotopic (exact) mass is 553 g/mol. The van der Waals surface area contributed by atoms with Crippen molar-refractivity contribution in [2.75, 3.05) is 64.8 Å². The average Bonchev–Trinajstić information content (AvgIpc) is 2.96. The number of pyridine rings is 1. The molecule has 0 atom stereocenters. The van der Waals surface area contributed by atoms with Crippen molar-refractivity contribution >= 4 is 28.8 Å². The smallest absolute Gasteiger partial charge is 0.256 e. The number of aromatic nitrogens is 1. The summed E-state index contributed by atoms with van der Waals surface area (Å²) in [6, 6.07) is 8.51. The molecule has 1 aromatic heterocycles. The first-order valence-electron chi connectivity index (χ1n) is 13.4. The van der Waals surface area contributed by atoms with Crippen LogP contribution in [0.2, 0.25) is 0 Å². The molecule has 11 nitrogen and oxygen atoms in total. The molecule has 1 fully saturated rings. The molecular formula is C28H36FN7O4. The highest BCUT2D eigenvalue weighted by atomic mass is 19.1. The molecule has 0 radical (unpaired) electrons. The number of fused-ring (bicyclic) bond motifs is 2.